The Morgan fingerprint density at radius 3 is 2.28 bits per heavy atom. The van der Waals surface area contributed by atoms with E-state index in [1.165, 1.54) is 12.1 Å². The Bertz CT molecular complexity index is 502. The quantitative estimate of drug-likeness (QED) is 0.848. The van der Waals surface area contributed by atoms with Crippen LogP contribution in [-0.2, 0) is 26.0 Å². The van der Waals surface area contributed by atoms with Gasteiger partial charge in [-0.2, -0.15) is 0 Å². The van der Waals surface area contributed by atoms with Gasteiger partial charge in [0.1, 0.15) is 6.61 Å². The molecule has 0 unspecified atom stereocenters. The van der Waals surface area contributed by atoms with Gasteiger partial charge in [0.2, 0.25) is 0 Å². The minimum absolute atomic E-state index is 0.147. The van der Waals surface area contributed by atoms with Crippen molar-refractivity contribution in [3.8, 4) is 0 Å². The number of carboxylic acid groups (broad SMARTS) is 1. The van der Waals surface area contributed by atoms with Gasteiger partial charge in [-0.25, -0.2) is 13.2 Å². The first-order valence-electron chi connectivity index (χ1n) is 5.46. The number of ether oxygens (including phenoxy) is 1. The summed E-state index contributed by atoms with van der Waals surface area (Å²) in [5.41, 5.74) is 0.735. The van der Waals surface area contributed by atoms with Gasteiger partial charge in [-0.05, 0) is 31.5 Å². The smallest absolute Gasteiger partial charge is 0.329 e. The van der Waals surface area contributed by atoms with E-state index in [0.717, 1.165) is 5.56 Å². The molecule has 0 aliphatic carbocycles. The van der Waals surface area contributed by atoms with Crippen LogP contribution in [0.4, 0.5) is 0 Å². The highest BCUT2D eigenvalue weighted by Gasteiger charge is 2.18. The van der Waals surface area contributed by atoms with Crippen molar-refractivity contribution in [2.45, 2.75) is 30.6 Å². The van der Waals surface area contributed by atoms with Crippen LogP contribution in [0.3, 0.4) is 0 Å². The number of carbonyl (C=O) groups is 1. The van der Waals surface area contributed by atoms with Crippen LogP contribution in [-0.4, -0.2) is 31.4 Å². The van der Waals surface area contributed by atoms with Crippen molar-refractivity contribution in [2.24, 2.45) is 0 Å². The molecule has 1 N–H and O–H groups in total. The molecular formula is C12H16O5S. The number of sulfone groups is 1. The lowest BCUT2D eigenvalue weighted by atomic mass is 10.2. The van der Waals surface area contributed by atoms with E-state index < -0.39 is 21.1 Å². The first-order chi connectivity index (χ1) is 8.34. The molecule has 0 saturated carbocycles. The monoisotopic (exact) mass is 272 g/mol. The molecule has 0 saturated heterocycles. The molecule has 100 valence electrons. The third kappa shape index (κ3) is 3.82. The number of carboxylic acids is 1. The van der Waals surface area contributed by atoms with Crippen molar-refractivity contribution in [3.63, 3.8) is 0 Å². The highest BCUT2D eigenvalue weighted by atomic mass is 32.2. The van der Waals surface area contributed by atoms with E-state index in [1.807, 2.05) is 0 Å². The highest BCUT2D eigenvalue weighted by molar-refractivity contribution is 7.92. The molecule has 0 amide bonds. The average Bonchev–Trinajstić information content (AvgIpc) is 2.29. The molecule has 1 aromatic rings. The van der Waals surface area contributed by atoms with Crippen molar-refractivity contribution < 1.29 is 23.1 Å². The van der Waals surface area contributed by atoms with Crippen LogP contribution in [0.2, 0.25) is 0 Å². The first kappa shape index (κ1) is 14.7. The Balaban J connectivity index is 2.72. The van der Waals surface area contributed by atoms with Gasteiger partial charge in [0, 0.05) is 0 Å². The fourth-order valence-corrected chi connectivity index (χ4v) is 2.36. The molecule has 0 heterocycles. The predicted molar refractivity (Wildman–Crippen MR) is 66.1 cm³/mol. The van der Waals surface area contributed by atoms with E-state index in [9.17, 15) is 13.2 Å². The molecule has 0 bridgehead atoms. The summed E-state index contributed by atoms with van der Waals surface area (Å²) in [7, 11) is -3.26. The predicted octanol–water partition coefficient (Wildman–Crippen LogP) is 1.47. The third-order valence-electron chi connectivity index (χ3n) is 2.37. The van der Waals surface area contributed by atoms with Gasteiger partial charge in [-0.1, -0.05) is 12.1 Å². The molecule has 0 aliphatic heterocycles. The summed E-state index contributed by atoms with van der Waals surface area (Å²) in [4.78, 5) is 10.5. The van der Waals surface area contributed by atoms with Crippen molar-refractivity contribution in [2.75, 3.05) is 6.61 Å². The zero-order valence-corrected chi connectivity index (χ0v) is 11.1. The van der Waals surface area contributed by atoms with Crippen LogP contribution < -0.4 is 0 Å². The van der Waals surface area contributed by atoms with Crippen molar-refractivity contribution >= 4 is 15.8 Å². The molecule has 5 nitrogen and oxygen atoms in total. The van der Waals surface area contributed by atoms with Gasteiger partial charge in [-0.3, -0.25) is 0 Å². The fraction of sp³-hybridized carbons (Fsp3) is 0.417. The zero-order chi connectivity index (χ0) is 13.8. The number of hydrogen-bond donors (Lipinski definition) is 1. The third-order valence-corrected chi connectivity index (χ3v) is 4.54. The Labute approximate surface area is 106 Å². The molecule has 0 atom stereocenters. The molecule has 0 aliphatic rings. The molecule has 0 radical (unpaired) electrons. The summed E-state index contributed by atoms with van der Waals surface area (Å²) in [5, 5.41) is 7.93. The number of benzene rings is 1. The van der Waals surface area contributed by atoms with Crippen LogP contribution in [0, 0.1) is 0 Å². The number of rotatable bonds is 6. The lowest BCUT2D eigenvalue weighted by Crippen LogP contribution is -2.14. The van der Waals surface area contributed by atoms with Crippen molar-refractivity contribution in [1.29, 1.82) is 0 Å². The second kappa shape index (κ2) is 5.97. The Kier molecular flexibility index (Phi) is 4.86. The van der Waals surface area contributed by atoms with Crippen LogP contribution in [0.5, 0.6) is 0 Å². The summed E-state index contributed by atoms with van der Waals surface area (Å²) in [5.74, 6) is -1.03. The highest BCUT2D eigenvalue weighted by Crippen LogP contribution is 2.16. The number of hydrogen-bond acceptors (Lipinski definition) is 4. The van der Waals surface area contributed by atoms with Gasteiger partial charge < -0.3 is 9.84 Å². The molecule has 0 fully saturated rings. The standard InChI is InChI=1S/C12H16O5S/c1-9(2)18(15,16)11-5-3-10(4-6-11)7-17-8-12(13)14/h3-6,9H,7-8H2,1-2H3,(H,13,14). The maximum atomic E-state index is 11.8. The van der Waals surface area contributed by atoms with Gasteiger partial charge >= 0.3 is 5.97 Å². The van der Waals surface area contributed by atoms with Crippen LogP contribution >= 0.6 is 0 Å². The van der Waals surface area contributed by atoms with Crippen molar-refractivity contribution in [3.05, 3.63) is 29.8 Å². The lowest BCUT2D eigenvalue weighted by Gasteiger charge is -2.08. The van der Waals surface area contributed by atoms with E-state index >= 15 is 0 Å². The van der Waals surface area contributed by atoms with Crippen LogP contribution in [0.1, 0.15) is 19.4 Å². The molecule has 1 aromatic carbocycles. The summed E-state index contributed by atoms with van der Waals surface area (Å²) < 4.78 is 28.6. The molecule has 1 rings (SSSR count). The van der Waals surface area contributed by atoms with E-state index in [4.69, 9.17) is 9.84 Å². The molecule has 0 spiro atoms. The summed E-state index contributed by atoms with van der Waals surface area (Å²) in [6, 6.07) is 6.26. The zero-order valence-electron chi connectivity index (χ0n) is 10.3. The summed E-state index contributed by atoms with van der Waals surface area (Å²) in [6.07, 6.45) is 0. The van der Waals surface area contributed by atoms with Crippen LogP contribution in [0.25, 0.3) is 0 Å². The van der Waals surface area contributed by atoms with E-state index in [1.54, 1.807) is 26.0 Å². The van der Waals surface area contributed by atoms with E-state index in [2.05, 4.69) is 0 Å². The molecule has 18 heavy (non-hydrogen) atoms. The fourth-order valence-electron chi connectivity index (χ4n) is 1.30. The number of aliphatic carboxylic acids is 1. The molecular weight excluding hydrogens is 256 g/mol. The van der Waals surface area contributed by atoms with Crippen LogP contribution in [0.15, 0.2) is 29.2 Å². The molecule has 6 heteroatoms. The Morgan fingerprint density at radius 1 is 1.28 bits per heavy atom. The van der Waals surface area contributed by atoms with Gasteiger partial charge in [0.05, 0.1) is 16.8 Å². The Morgan fingerprint density at radius 2 is 1.83 bits per heavy atom. The van der Waals surface area contributed by atoms with Crippen molar-refractivity contribution in [1.82, 2.24) is 0 Å². The SMILES string of the molecule is CC(C)S(=O)(=O)c1ccc(COCC(=O)O)cc1. The van der Waals surface area contributed by atoms with E-state index in [0.29, 0.717) is 0 Å². The second-order valence-electron chi connectivity index (χ2n) is 4.12. The maximum Gasteiger partial charge on any atom is 0.329 e. The first-order valence-corrected chi connectivity index (χ1v) is 7.01. The summed E-state index contributed by atoms with van der Waals surface area (Å²) >= 11 is 0. The minimum atomic E-state index is -3.26. The maximum absolute atomic E-state index is 11.8. The second-order valence-corrected chi connectivity index (χ2v) is 6.63. The van der Waals surface area contributed by atoms with E-state index in [-0.39, 0.29) is 18.1 Å². The topological polar surface area (TPSA) is 80.7 Å². The summed E-state index contributed by atoms with van der Waals surface area (Å²) in [6.45, 7) is 3.03. The molecule has 0 aromatic heterocycles. The van der Waals surface area contributed by atoms with Gasteiger partial charge in [-0.15, -0.1) is 0 Å². The minimum Gasteiger partial charge on any atom is -0.480 e. The normalized spacial score (nSPS) is 11.7. The average molecular weight is 272 g/mol. The van der Waals surface area contributed by atoms with Gasteiger partial charge in [0.15, 0.2) is 9.84 Å². The van der Waals surface area contributed by atoms with Gasteiger partial charge in [0.25, 0.3) is 0 Å². The largest absolute Gasteiger partial charge is 0.480 e. The Hall–Kier alpha value is -1.40. The lowest BCUT2D eigenvalue weighted by molar-refractivity contribution is -0.142.